The number of ether oxygens (including phenoxy) is 2. The molecule has 0 bridgehead atoms. The van der Waals surface area contributed by atoms with Gasteiger partial charge in [-0.1, -0.05) is 17.7 Å². The summed E-state index contributed by atoms with van der Waals surface area (Å²) in [4.78, 5) is 22.9. The van der Waals surface area contributed by atoms with E-state index < -0.39 is 0 Å². The van der Waals surface area contributed by atoms with Crippen LogP contribution in [0.2, 0.25) is 4.34 Å². The quantitative estimate of drug-likeness (QED) is 0.441. The van der Waals surface area contributed by atoms with E-state index in [9.17, 15) is 4.79 Å². The van der Waals surface area contributed by atoms with Gasteiger partial charge in [-0.05, 0) is 35.9 Å². The first-order valence-electron chi connectivity index (χ1n) is 10.6. The molecule has 0 aliphatic carbocycles. The molecule has 2 aliphatic heterocycles. The Morgan fingerprint density at radius 2 is 1.91 bits per heavy atom. The molecule has 3 aromatic heterocycles. The summed E-state index contributed by atoms with van der Waals surface area (Å²) in [7, 11) is 0. The van der Waals surface area contributed by atoms with Crippen LogP contribution in [0.4, 0.5) is 0 Å². The zero-order valence-corrected chi connectivity index (χ0v) is 19.2. The van der Waals surface area contributed by atoms with Crippen molar-refractivity contribution in [3.05, 3.63) is 64.3 Å². The molecule has 0 N–H and O–H groups in total. The third-order valence-electron chi connectivity index (χ3n) is 5.96. The van der Waals surface area contributed by atoms with Gasteiger partial charge in [-0.25, -0.2) is 9.50 Å². The fourth-order valence-corrected chi connectivity index (χ4v) is 5.31. The summed E-state index contributed by atoms with van der Waals surface area (Å²) >= 11 is 7.57. The molecular formula is C23H20ClN5O3S. The Morgan fingerprint density at radius 3 is 2.73 bits per heavy atom. The number of amides is 1. The van der Waals surface area contributed by atoms with Crippen molar-refractivity contribution < 1.29 is 14.3 Å². The first kappa shape index (κ1) is 20.5. The van der Waals surface area contributed by atoms with Gasteiger partial charge in [-0.3, -0.25) is 9.69 Å². The molecule has 1 saturated heterocycles. The van der Waals surface area contributed by atoms with Crippen molar-refractivity contribution in [3.8, 4) is 22.1 Å². The zero-order valence-electron chi connectivity index (χ0n) is 17.6. The number of fused-ring (bicyclic) bond motifs is 2. The SMILES string of the molecule is O=C(c1cnn2c(-c3ccc(Cl)s3)ccnc12)N1CCN(Cc2ccc3c(c2)OCO3)CC1. The van der Waals surface area contributed by atoms with Crippen molar-refractivity contribution in [2.45, 2.75) is 6.54 Å². The van der Waals surface area contributed by atoms with Crippen LogP contribution in [0, 0.1) is 0 Å². The Morgan fingerprint density at radius 1 is 1.06 bits per heavy atom. The fourth-order valence-electron chi connectivity index (χ4n) is 4.26. The maximum Gasteiger partial charge on any atom is 0.259 e. The van der Waals surface area contributed by atoms with Crippen molar-refractivity contribution in [1.82, 2.24) is 24.4 Å². The van der Waals surface area contributed by atoms with Crippen LogP contribution in [-0.2, 0) is 6.54 Å². The van der Waals surface area contributed by atoms with Crippen LogP contribution >= 0.6 is 22.9 Å². The van der Waals surface area contributed by atoms with Crippen LogP contribution < -0.4 is 9.47 Å². The van der Waals surface area contributed by atoms with Gasteiger partial charge in [0.2, 0.25) is 6.79 Å². The summed E-state index contributed by atoms with van der Waals surface area (Å²) in [6, 6.07) is 11.7. The summed E-state index contributed by atoms with van der Waals surface area (Å²) in [5.74, 6) is 1.55. The molecule has 6 rings (SSSR count). The summed E-state index contributed by atoms with van der Waals surface area (Å²) in [5.41, 5.74) is 3.12. The van der Waals surface area contributed by atoms with Gasteiger partial charge in [0.15, 0.2) is 17.1 Å². The first-order valence-corrected chi connectivity index (χ1v) is 11.8. The van der Waals surface area contributed by atoms with Crippen molar-refractivity contribution in [2.24, 2.45) is 0 Å². The Balaban J connectivity index is 1.15. The number of rotatable bonds is 4. The van der Waals surface area contributed by atoms with E-state index >= 15 is 0 Å². The van der Waals surface area contributed by atoms with Gasteiger partial charge < -0.3 is 14.4 Å². The average molecular weight is 482 g/mol. The molecule has 0 saturated carbocycles. The predicted octanol–water partition coefficient (Wildman–Crippen LogP) is 3.80. The number of carbonyl (C=O) groups excluding carboxylic acids is 1. The molecule has 0 atom stereocenters. The van der Waals surface area contributed by atoms with E-state index in [1.807, 2.05) is 35.2 Å². The van der Waals surface area contributed by atoms with Crippen LogP contribution in [0.1, 0.15) is 15.9 Å². The Hall–Kier alpha value is -3.14. The van der Waals surface area contributed by atoms with Crippen molar-refractivity contribution in [1.29, 1.82) is 0 Å². The third kappa shape index (κ3) is 3.82. The molecule has 0 radical (unpaired) electrons. The zero-order chi connectivity index (χ0) is 22.4. The molecule has 168 valence electrons. The smallest absolute Gasteiger partial charge is 0.259 e. The third-order valence-corrected chi connectivity index (χ3v) is 7.21. The Labute approximate surface area is 198 Å². The Bertz CT molecular complexity index is 1350. The van der Waals surface area contributed by atoms with Crippen LogP contribution in [-0.4, -0.2) is 63.3 Å². The van der Waals surface area contributed by atoms with E-state index in [1.54, 1.807) is 16.9 Å². The molecule has 0 spiro atoms. The number of thiophene rings is 1. The summed E-state index contributed by atoms with van der Waals surface area (Å²) < 4.78 is 13.3. The summed E-state index contributed by atoms with van der Waals surface area (Å²) in [6.45, 7) is 3.99. The molecule has 4 aromatic rings. The monoisotopic (exact) mass is 481 g/mol. The fraction of sp³-hybridized carbons (Fsp3) is 0.261. The molecule has 1 aromatic carbocycles. The van der Waals surface area contributed by atoms with Crippen LogP contribution in [0.5, 0.6) is 11.5 Å². The molecule has 1 amide bonds. The summed E-state index contributed by atoms with van der Waals surface area (Å²) in [5, 5.41) is 4.46. The number of hydrogen-bond acceptors (Lipinski definition) is 7. The molecule has 10 heteroatoms. The highest BCUT2D eigenvalue weighted by molar-refractivity contribution is 7.19. The topological polar surface area (TPSA) is 72.2 Å². The molecular weight excluding hydrogens is 462 g/mol. The number of halogens is 1. The predicted molar refractivity (Wildman–Crippen MR) is 125 cm³/mol. The van der Waals surface area contributed by atoms with E-state index in [-0.39, 0.29) is 12.7 Å². The van der Waals surface area contributed by atoms with Crippen molar-refractivity contribution in [3.63, 3.8) is 0 Å². The number of nitrogens with zero attached hydrogens (tertiary/aromatic N) is 5. The molecule has 0 unspecified atom stereocenters. The second-order valence-electron chi connectivity index (χ2n) is 7.98. The molecule has 5 heterocycles. The van der Waals surface area contributed by atoms with Crippen LogP contribution in [0.25, 0.3) is 16.2 Å². The van der Waals surface area contributed by atoms with E-state index in [2.05, 4.69) is 21.0 Å². The number of hydrogen-bond donors (Lipinski definition) is 0. The minimum absolute atomic E-state index is 0.0402. The van der Waals surface area contributed by atoms with E-state index in [1.165, 1.54) is 16.9 Å². The van der Waals surface area contributed by atoms with Gasteiger partial charge in [-0.2, -0.15) is 5.10 Å². The van der Waals surface area contributed by atoms with Gasteiger partial charge in [0.25, 0.3) is 5.91 Å². The lowest BCUT2D eigenvalue weighted by molar-refractivity contribution is 0.0630. The van der Waals surface area contributed by atoms with E-state index in [0.29, 0.717) is 28.6 Å². The second kappa shape index (κ2) is 8.33. The maximum atomic E-state index is 13.3. The van der Waals surface area contributed by atoms with Crippen LogP contribution in [0.3, 0.4) is 0 Å². The largest absolute Gasteiger partial charge is 0.454 e. The number of aromatic nitrogens is 3. The highest BCUT2D eigenvalue weighted by Crippen LogP contribution is 2.33. The average Bonchev–Trinajstić information content (AvgIpc) is 3.58. The molecule has 2 aliphatic rings. The van der Waals surface area contributed by atoms with Crippen LogP contribution in [0.15, 0.2) is 48.8 Å². The number of piperazine rings is 1. The lowest BCUT2D eigenvalue weighted by atomic mass is 10.1. The van der Waals surface area contributed by atoms with E-state index in [4.69, 9.17) is 21.1 Å². The van der Waals surface area contributed by atoms with Gasteiger partial charge in [0.1, 0.15) is 5.56 Å². The second-order valence-corrected chi connectivity index (χ2v) is 9.70. The lowest BCUT2D eigenvalue weighted by Gasteiger charge is -2.34. The molecule has 1 fully saturated rings. The maximum absolute atomic E-state index is 13.3. The van der Waals surface area contributed by atoms with Crippen molar-refractivity contribution >= 4 is 34.5 Å². The Kier molecular flexibility index (Phi) is 5.17. The lowest BCUT2D eigenvalue weighted by Crippen LogP contribution is -2.48. The van der Waals surface area contributed by atoms with Gasteiger partial charge >= 0.3 is 0 Å². The summed E-state index contributed by atoms with van der Waals surface area (Å²) in [6.07, 6.45) is 3.32. The van der Waals surface area contributed by atoms with E-state index in [0.717, 1.165) is 41.7 Å². The molecule has 33 heavy (non-hydrogen) atoms. The van der Waals surface area contributed by atoms with Gasteiger partial charge in [-0.15, -0.1) is 11.3 Å². The number of carbonyl (C=O) groups is 1. The van der Waals surface area contributed by atoms with Gasteiger partial charge in [0, 0.05) is 38.9 Å². The van der Waals surface area contributed by atoms with Crippen molar-refractivity contribution in [2.75, 3.05) is 33.0 Å². The first-order chi connectivity index (χ1) is 16.2. The minimum Gasteiger partial charge on any atom is -0.454 e. The highest BCUT2D eigenvalue weighted by Gasteiger charge is 2.26. The highest BCUT2D eigenvalue weighted by atomic mass is 35.5. The minimum atomic E-state index is -0.0402. The van der Waals surface area contributed by atoms with Gasteiger partial charge in [0.05, 0.1) is 21.1 Å². The normalized spacial score (nSPS) is 16.0. The molecule has 8 nitrogen and oxygen atoms in total. The number of benzene rings is 1. The standard InChI is InChI=1S/C23H20ClN5O3S/c24-21-4-3-20(33-21)17-5-6-25-22-16(12-26-29(17)22)23(30)28-9-7-27(8-10-28)13-15-1-2-18-19(11-15)32-14-31-18/h1-6,11-12H,7-10,13-14H2.